The van der Waals surface area contributed by atoms with Gasteiger partial charge in [-0.1, -0.05) is 19.8 Å². The lowest BCUT2D eigenvalue weighted by Crippen LogP contribution is -2.52. The summed E-state index contributed by atoms with van der Waals surface area (Å²) < 4.78 is 15.8. The second kappa shape index (κ2) is 8.21. The molecule has 4 unspecified atom stereocenters. The fourth-order valence-corrected chi connectivity index (χ4v) is 2.33. The lowest BCUT2D eigenvalue weighted by molar-refractivity contribution is -0.206. The molecule has 0 spiro atoms. The lowest BCUT2D eigenvalue weighted by Gasteiger charge is -2.38. The van der Waals surface area contributed by atoms with Crippen molar-refractivity contribution in [2.24, 2.45) is 0 Å². The summed E-state index contributed by atoms with van der Waals surface area (Å²) in [7, 11) is 0. The van der Waals surface area contributed by atoms with Crippen LogP contribution in [0.3, 0.4) is 0 Å². The van der Waals surface area contributed by atoms with E-state index >= 15 is 0 Å². The van der Waals surface area contributed by atoms with Gasteiger partial charge in [0.15, 0.2) is 6.10 Å². The number of carbonyl (C=O) groups is 2. The first-order chi connectivity index (χ1) is 9.43. The Hall–Kier alpha value is -1.14. The van der Waals surface area contributed by atoms with Crippen molar-refractivity contribution in [2.75, 3.05) is 6.61 Å². The maximum atomic E-state index is 11.1. The van der Waals surface area contributed by atoms with Crippen molar-refractivity contribution in [3.05, 3.63) is 0 Å². The van der Waals surface area contributed by atoms with E-state index in [1.165, 1.54) is 13.8 Å². The largest absolute Gasteiger partial charge is 0.463 e. The molecule has 0 saturated carbocycles. The summed E-state index contributed by atoms with van der Waals surface area (Å²) in [6.07, 6.45) is 0.991. The topological polar surface area (TPSA) is 82.1 Å². The van der Waals surface area contributed by atoms with E-state index in [-0.39, 0.29) is 12.7 Å². The molecule has 1 saturated heterocycles. The molecule has 1 rings (SSSR count). The Bertz CT molecular complexity index is 330. The summed E-state index contributed by atoms with van der Waals surface area (Å²) in [5.74, 6) is -0.919. The first kappa shape index (κ1) is 16.9. The normalized spacial score (nSPS) is 29.8. The first-order valence-corrected chi connectivity index (χ1v) is 7.08. The average molecular weight is 288 g/mol. The summed E-state index contributed by atoms with van der Waals surface area (Å²) >= 11 is 0. The van der Waals surface area contributed by atoms with Gasteiger partial charge in [0.05, 0.1) is 12.2 Å². The fraction of sp³-hybridized carbons (Fsp3) is 0.857. The van der Waals surface area contributed by atoms with E-state index in [0.29, 0.717) is 6.42 Å². The Labute approximate surface area is 119 Å². The van der Waals surface area contributed by atoms with Gasteiger partial charge in [-0.25, -0.2) is 0 Å². The number of hydrogen-bond acceptors (Lipinski definition) is 6. The van der Waals surface area contributed by atoms with Crippen molar-refractivity contribution in [1.82, 2.24) is 0 Å². The van der Waals surface area contributed by atoms with Crippen molar-refractivity contribution < 1.29 is 28.9 Å². The predicted octanol–water partition coefficient (Wildman–Crippen LogP) is 1.19. The molecule has 0 radical (unpaired) electrons. The molecular weight excluding hydrogens is 264 g/mol. The zero-order chi connectivity index (χ0) is 15.1. The maximum absolute atomic E-state index is 11.1. The van der Waals surface area contributed by atoms with Gasteiger partial charge in [0.25, 0.3) is 0 Å². The SMILES string of the molecule is CCCCC1CC(O)C(OC(C)=O)C(COC(C)=O)O1. The molecule has 1 N–H and O–H groups in total. The number of hydrogen-bond donors (Lipinski definition) is 1. The zero-order valence-electron chi connectivity index (χ0n) is 12.3. The Morgan fingerprint density at radius 3 is 2.55 bits per heavy atom. The van der Waals surface area contributed by atoms with Crippen LogP contribution >= 0.6 is 0 Å². The van der Waals surface area contributed by atoms with Gasteiger partial charge in [-0.2, -0.15) is 0 Å². The van der Waals surface area contributed by atoms with Crippen LogP contribution in [0.15, 0.2) is 0 Å². The Kier molecular flexibility index (Phi) is 6.95. The monoisotopic (exact) mass is 288 g/mol. The number of unbranched alkanes of at least 4 members (excludes halogenated alkanes) is 1. The van der Waals surface area contributed by atoms with Crippen LogP contribution in [0, 0.1) is 0 Å². The van der Waals surface area contributed by atoms with E-state index in [2.05, 4.69) is 6.92 Å². The molecule has 0 bridgehead atoms. The fourth-order valence-electron chi connectivity index (χ4n) is 2.33. The van der Waals surface area contributed by atoms with Gasteiger partial charge in [0.2, 0.25) is 0 Å². The molecule has 0 aromatic heterocycles. The van der Waals surface area contributed by atoms with Crippen LogP contribution in [0.4, 0.5) is 0 Å². The Morgan fingerprint density at radius 1 is 1.30 bits per heavy atom. The third kappa shape index (κ3) is 5.46. The van der Waals surface area contributed by atoms with E-state index in [4.69, 9.17) is 14.2 Å². The molecule has 0 aromatic rings. The number of rotatable bonds is 6. The molecule has 0 aromatic carbocycles. The highest BCUT2D eigenvalue weighted by Crippen LogP contribution is 2.26. The summed E-state index contributed by atoms with van der Waals surface area (Å²) in [6, 6.07) is 0. The minimum Gasteiger partial charge on any atom is -0.463 e. The number of aliphatic hydroxyl groups excluding tert-OH is 1. The summed E-state index contributed by atoms with van der Waals surface area (Å²) in [6.45, 7) is 4.64. The first-order valence-electron chi connectivity index (χ1n) is 7.08. The molecular formula is C14H24O6. The number of esters is 2. The van der Waals surface area contributed by atoms with Crippen molar-refractivity contribution in [3.63, 3.8) is 0 Å². The summed E-state index contributed by atoms with van der Waals surface area (Å²) in [4.78, 5) is 22.0. The summed E-state index contributed by atoms with van der Waals surface area (Å²) in [5.41, 5.74) is 0. The van der Waals surface area contributed by atoms with E-state index in [1.807, 2.05) is 0 Å². The smallest absolute Gasteiger partial charge is 0.303 e. The minimum absolute atomic E-state index is 0.0209. The van der Waals surface area contributed by atoms with Gasteiger partial charge in [-0.05, 0) is 6.42 Å². The highest BCUT2D eigenvalue weighted by atomic mass is 16.6. The van der Waals surface area contributed by atoms with Crippen molar-refractivity contribution in [2.45, 2.75) is 70.9 Å². The number of carbonyl (C=O) groups excluding carboxylic acids is 2. The van der Waals surface area contributed by atoms with Gasteiger partial charge in [0.1, 0.15) is 12.7 Å². The number of ether oxygens (including phenoxy) is 3. The van der Waals surface area contributed by atoms with Crippen molar-refractivity contribution in [3.8, 4) is 0 Å². The molecule has 20 heavy (non-hydrogen) atoms. The van der Waals surface area contributed by atoms with Crippen LogP contribution in [-0.4, -0.2) is 48.1 Å². The molecule has 4 atom stereocenters. The molecule has 6 nitrogen and oxygen atoms in total. The average Bonchev–Trinajstić information content (AvgIpc) is 2.36. The lowest BCUT2D eigenvalue weighted by atomic mass is 9.95. The van der Waals surface area contributed by atoms with Crippen LogP contribution < -0.4 is 0 Å². The highest BCUT2D eigenvalue weighted by molar-refractivity contribution is 5.66. The molecule has 1 fully saturated rings. The maximum Gasteiger partial charge on any atom is 0.303 e. The third-order valence-electron chi connectivity index (χ3n) is 3.25. The van der Waals surface area contributed by atoms with Gasteiger partial charge in [0, 0.05) is 20.3 Å². The molecule has 1 heterocycles. The summed E-state index contributed by atoms with van der Waals surface area (Å²) in [5, 5.41) is 10.1. The third-order valence-corrected chi connectivity index (χ3v) is 3.25. The highest BCUT2D eigenvalue weighted by Gasteiger charge is 2.40. The predicted molar refractivity (Wildman–Crippen MR) is 71.0 cm³/mol. The van der Waals surface area contributed by atoms with Crippen LogP contribution in [0.2, 0.25) is 0 Å². The van der Waals surface area contributed by atoms with Crippen LogP contribution in [0.25, 0.3) is 0 Å². The molecule has 1 aliphatic rings. The molecule has 0 aliphatic carbocycles. The van der Waals surface area contributed by atoms with E-state index in [0.717, 1.165) is 19.3 Å². The quantitative estimate of drug-likeness (QED) is 0.739. The van der Waals surface area contributed by atoms with Crippen molar-refractivity contribution >= 4 is 11.9 Å². The van der Waals surface area contributed by atoms with Gasteiger partial charge < -0.3 is 19.3 Å². The zero-order valence-corrected chi connectivity index (χ0v) is 12.3. The van der Waals surface area contributed by atoms with E-state index in [9.17, 15) is 14.7 Å². The molecule has 0 amide bonds. The Balaban J connectivity index is 2.66. The number of aliphatic hydroxyl groups is 1. The van der Waals surface area contributed by atoms with Crippen LogP contribution in [-0.2, 0) is 23.8 Å². The van der Waals surface area contributed by atoms with Crippen molar-refractivity contribution in [1.29, 1.82) is 0 Å². The van der Waals surface area contributed by atoms with Gasteiger partial charge in [-0.15, -0.1) is 0 Å². The van der Waals surface area contributed by atoms with Gasteiger partial charge in [-0.3, -0.25) is 9.59 Å². The van der Waals surface area contributed by atoms with E-state index in [1.54, 1.807) is 0 Å². The standard InChI is InChI=1S/C14H24O6/c1-4-5-6-11-7-12(17)14(19-10(3)16)13(20-11)8-18-9(2)15/h11-14,17H,4-8H2,1-3H3. The Morgan fingerprint density at radius 2 is 2.00 bits per heavy atom. The second-order valence-corrected chi connectivity index (χ2v) is 5.12. The van der Waals surface area contributed by atoms with E-state index < -0.39 is 30.3 Å². The molecule has 6 heteroatoms. The van der Waals surface area contributed by atoms with Crippen LogP contribution in [0.1, 0.15) is 46.5 Å². The van der Waals surface area contributed by atoms with Crippen LogP contribution in [0.5, 0.6) is 0 Å². The molecule has 1 aliphatic heterocycles. The van der Waals surface area contributed by atoms with Gasteiger partial charge >= 0.3 is 11.9 Å². The molecule has 116 valence electrons. The minimum atomic E-state index is -0.796. The second-order valence-electron chi connectivity index (χ2n) is 5.12.